The molecule has 0 N–H and O–H groups in total. The normalized spacial score (nSPS) is 20.6. The molecule has 0 atom stereocenters. The summed E-state index contributed by atoms with van der Waals surface area (Å²) in [6.45, 7) is -0.224. The van der Waals surface area contributed by atoms with Gasteiger partial charge in [-0.1, -0.05) is 12.1 Å². The number of aromatic nitrogens is 3. The van der Waals surface area contributed by atoms with Crippen molar-refractivity contribution in [1.82, 2.24) is 19.7 Å². The van der Waals surface area contributed by atoms with E-state index in [0.717, 1.165) is 21.9 Å². The molecule has 2 aromatic heterocycles. The monoisotopic (exact) mass is 404 g/mol. The van der Waals surface area contributed by atoms with Gasteiger partial charge in [0.2, 0.25) is 0 Å². The Kier molecular flexibility index (Phi) is 3.84. The first-order valence-corrected chi connectivity index (χ1v) is 9.55. The number of rotatable bonds is 4. The van der Waals surface area contributed by atoms with Gasteiger partial charge in [-0.05, 0) is 35.9 Å². The Labute approximate surface area is 165 Å². The van der Waals surface area contributed by atoms with Gasteiger partial charge >= 0.3 is 6.18 Å². The van der Waals surface area contributed by atoms with E-state index in [1.807, 2.05) is 31.4 Å². The van der Waals surface area contributed by atoms with Crippen LogP contribution in [0.25, 0.3) is 21.9 Å². The first-order valence-electron chi connectivity index (χ1n) is 9.55. The third-order valence-electron chi connectivity index (χ3n) is 6.15. The SMILES string of the molecule is Cn1cc(-c2ccc3cnc(C4(F)CN(CC5(C(F)(F)F)CC5)C4)cc3c2)cn1. The standard InChI is InChI=1S/C21H20F4N4/c1-28-10-17(9-27-28)14-2-3-15-8-26-18(7-16(15)6-14)20(22)12-29(13-20)11-19(4-5-19)21(23,24)25/h2-3,6-10H,4-5,11-13H2,1H3. The summed E-state index contributed by atoms with van der Waals surface area (Å²) in [7, 11) is 1.84. The van der Waals surface area contributed by atoms with E-state index in [-0.39, 0.29) is 38.2 Å². The van der Waals surface area contributed by atoms with Crippen molar-refractivity contribution in [2.45, 2.75) is 24.7 Å². The molecular weight excluding hydrogens is 384 g/mol. The molecule has 2 fully saturated rings. The molecule has 3 heterocycles. The molecule has 4 nitrogen and oxygen atoms in total. The molecule has 29 heavy (non-hydrogen) atoms. The molecule has 1 saturated carbocycles. The van der Waals surface area contributed by atoms with E-state index >= 15 is 4.39 Å². The number of alkyl halides is 4. The predicted octanol–water partition coefficient (Wildman–Crippen LogP) is 4.46. The summed E-state index contributed by atoms with van der Waals surface area (Å²) in [5.41, 5.74) is -1.14. The maximum atomic E-state index is 15.3. The van der Waals surface area contributed by atoms with E-state index in [1.165, 1.54) is 0 Å². The smallest absolute Gasteiger partial charge is 0.295 e. The number of nitrogens with zero attached hydrogens (tertiary/aromatic N) is 4. The van der Waals surface area contributed by atoms with Gasteiger partial charge in [0.1, 0.15) is 0 Å². The van der Waals surface area contributed by atoms with Crippen molar-refractivity contribution in [2.75, 3.05) is 19.6 Å². The molecule has 3 aromatic rings. The highest BCUT2D eigenvalue weighted by Crippen LogP contribution is 2.58. The molecule has 0 spiro atoms. The van der Waals surface area contributed by atoms with Crippen LogP contribution in [0.15, 0.2) is 42.9 Å². The summed E-state index contributed by atoms with van der Waals surface area (Å²) in [4.78, 5) is 5.82. The van der Waals surface area contributed by atoms with Crippen molar-refractivity contribution in [3.8, 4) is 11.1 Å². The lowest BCUT2D eigenvalue weighted by Gasteiger charge is -2.45. The lowest BCUT2D eigenvalue weighted by molar-refractivity contribution is -0.200. The van der Waals surface area contributed by atoms with Crippen LogP contribution in [0.2, 0.25) is 0 Å². The molecule has 1 aliphatic carbocycles. The van der Waals surface area contributed by atoms with Crippen LogP contribution in [-0.4, -0.2) is 45.5 Å². The Hall–Kier alpha value is -2.48. The van der Waals surface area contributed by atoms with Gasteiger partial charge in [-0.3, -0.25) is 14.6 Å². The minimum absolute atomic E-state index is 0.0500. The lowest BCUT2D eigenvalue weighted by atomic mass is 9.89. The molecule has 1 aromatic carbocycles. The van der Waals surface area contributed by atoms with Crippen molar-refractivity contribution in [2.24, 2.45) is 12.5 Å². The van der Waals surface area contributed by atoms with E-state index in [1.54, 1.807) is 28.0 Å². The number of pyridine rings is 1. The Morgan fingerprint density at radius 3 is 2.41 bits per heavy atom. The number of hydrogen-bond donors (Lipinski definition) is 0. The number of likely N-dealkylation sites (tertiary alicyclic amines) is 1. The first kappa shape index (κ1) is 18.5. The minimum Gasteiger partial charge on any atom is -0.295 e. The maximum absolute atomic E-state index is 15.3. The van der Waals surface area contributed by atoms with Crippen molar-refractivity contribution in [1.29, 1.82) is 0 Å². The second-order valence-electron chi connectivity index (χ2n) is 8.42. The Morgan fingerprint density at radius 1 is 1.03 bits per heavy atom. The van der Waals surface area contributed by atoms with Crippen LogP contribution < -0.4 is 0 Å². The first-order chi connectivity index (χ1) is 13.7. The van der Waals surface area contributed by atoms with E-state index in [9.17, 15) is 13.2 Å². The van der Waals surface area contributed by atoms with E-state index < -0.39 is 17.3 Å². The third-order valence-corrected chi connectivity index (χ3v) is 6.15. The van der Waals surface area contributed by atoms with Crippen LogP contribution in [0.3, 0.4) is 0 Å². The van der Waals surface area contributed by atoms with Crippen molar-refractivity contribution < 1.29 is 17.6 Å². The quantitative estimate of drug-likeness (QED) is 0.602. The van der Waals surface area contributed by atoms with Crippen LogP contribution in [0, 0.1) is 5.41 Å². The highest BCUT2D eigenvalue weighted by molar-refractivity contribution is 5.87. The molecule has 1 aliphatic heterocycles. The minimum atomic E-state index is -4.22. The Bertz CT molecular complexity index is 1080. The van der Waals surface area contributed by atoms with Crippen molar-refractivity contribution >= 4 is 10.8 Å². The van der Waals surface area contributed by atoms with Crippen molar-refractivity contribution in [3.05, 3.63) is 48.5 Å². The van der Waals surface area contributed by atoms with E-state index in [2.05, 4.69) is 10.1 Å². The number of halogens is 4. The fraction of sp³-hybridized carbons (Fsp3) is 0.429. The molecule has 0 radical (unpaired) electrons. The van der Waals surface area contributed by atoms with Crippen molar-refractivity contribution in [3.63, 3.8) is 0 Å². The summed E-state index contributed by atoms with van der Waals surface area (Å²) >= 11 is 0. The van der Waals surface area contributed by atoms with Crippen LogP contribution in [0.5, 0.6) is 0 Å². The topological polar surface area (TPSA) is 34.0 Å². The molecule has 152 valence electrons. The van der Waals surface area contributed by atoms with Crippen LogP contribution in [-0.2, 0) is 12.7 Å². The highest BCUT2D eigenvalue weighted by Gasteiger charge is 2.65. The molecule has 1 saturated heterocycles. The molecule has 2 aliphatic rings. The van der Waals surface area contributed by atoms with Crippen LogP contribution in [0.4, 0.5) is 17.6 Å². The summed E-state index contributed by atoms with van der Waals surface area (Å²) < 4.78 is 56.5. The number of hydrogen-bond acceptors (Lipinski definition) is 3. The van der Waals surface area contributed by atoms with Crippen LogP contribution >= 0.6 is 0 Å². The predicted molar refractivity (Wildman–Crippen MR) is 101 cm³/mol. The molecule has 0 bridgehead atoms. The summed E-state index contributed by atoms with van der Waals surface area (Å²) in [6, 6.07) is 7.55. The van der Waals surface area contributed by atoms with Gasteiger partial charge < -0.3 is 0 Å². The average Bonchev–Trinajstić information content (AvgIpc) is 3.32. The molecule has 0 unspecified atom stereocenters. The average molecular weight is 404 g/mol. The summed E-state index contributed by atoms with van der Waals surface area (Å²) in [5.74, 6) is 0. The zero-order valence-corrected chi connectivity index (χ0v) is 15.9. The largest absolute Gasteiger partial charge is 0.395 e. The van der Waals surface area contributed by atoms with E-state index in [4.69, 9.17) is 0 Å². The lowest BCUT2D eigenvalue weighted by Crippen LogP contribution is -2.59. The molecular formula is C21H20F4N4. The Morgan fingerprint density at radius 2 is 1.79 bits per heavy atom. The second kappa shape index (κ2) is 6.01. The fourth-order valence-electron chi connectivity index (χ4n) is 4.18. The second-order valence-corrected chi connectivity index (χ2v) is 8.42. The summed E-state index contributed by atoms with van der Waals surface area (Å²) in [6.07, 6.45) is 1.34. The fourth-order valence-corrected chi connectivity index (χ4v) is 4.18. The highest BCUT2D eigenvalue weighted by atomic mass is 19.4. The summed E-state index contributed by atoms with van der Waals surface area (Å²) in [5, 5.41) is 5.90. The zero-order valence-electron chi connectivity index (χ0n) is 15.9. The van der Waals surface area contributed by atoms with Gasteiger partial charge in [0, 0.05) is 50.0 Å². The van der Waals surface area contributed by atoms with Gasteiger partial charge in [-0.2, -0.15) is 18.3 Å². The Balaban J connectivity index is 1.36. The maximum Gasteiger partial charge on any atom is 0.395 e. The number of aryl methyl sites for hydroxylation is 1. The zero-order chi connectivity index (χ0) is 20.4. The van der Waals surface area contributed by atoms with Gasteiger partial charge in [0.15, 0.2) is 5.67 Å². The molecule has 5 rings (SSSR count). The van der Waals surface area contributed by atoms with E-state index in [0.29, 0.717) is 0 Å². The van der Waals surface area contributed by atoms with Gasteiger partial charge in [0.25, 0.3) is 0 Å². The van der Waals surface area contributed by atoms with Gasteiger partial charge in [-0.25, -0.2) is 4.39 Å². The van der Waals surface area contributed by atoms with Crippen LogP contribution in [0.1, 0.15) is 18.5 Å². The van der Waals surface area contributed by atoms with Gasteiger partial charge in [0.05, 0.1) is 17.3 Å². The molecule has 8 heteroatoms. The number of benzene rings is 1. The third kappa shape index (κ3) is 3.10. The van der Waals surface area contributed by atoms with Gasteiger partial charge in [-0.15, -0.1) is 0 Å². The molecule has 0 amide bonds. The number of fused-ring (bicyclic) bond motifs is 1.